The Kier molecular flexibility index (Phi) is 5.45. The van der Waals surface area contributed by atoms with E-state index in [-0.39, 0.29) is 11.6 Å². The van der Waals surface area contributed by atoms with Gasteiger partial charge in [-0.15, -0.1) is 0 Å². The Morgan fingerprint density at radius 1 is 1.19 bits per heavy atom. The van der Waals surface area contributed by atoms with Crippen LogP contribution in [0.4, 0.5) is 0 Å². The Morgan fingerprint density at radius 3 is 2.38 bits per heavy atom. The van der Waals surface area contributed by atoms with E-state index < -0.39 is 0 Å². The molecule has 1 aliphatic carbocycles. The third-order valence-corrected chi connectivity index (χ3v) is 4.32. The molecule has 0 aliphatic heterocycles. The summed E-state index contributed by atoms with van der Waals surface area (Å²) in [7, 11) is 3.27. The molecule has 0 bridgehead atoms. The van der Waals surface area contributed by atoms with Gasteiger partial charge in [-0.1, -0.05) is 18.9 Å². The van der Waals surface area contributed by atoms with Crippen LogP contribution < -0.4 is 20.7 Å². The smallest absolute Gasteiger partial charge is 0.161 e. The fourth-order valence-electron chi connectivity index (χ4n) is 3.36. The van der Waals surface area contributed by atoms with Crippen molar-refractivity contribution in [3.63, 3.8) is 0 Å². The Hall–Kier alpha value is -1.30. The number of hydrazine groups is 1. The molecular weight excluding hydrogens is 268 g/mol. The van der Waals surface area contributed by atoms with Gasteiger partial charge in [0, 0.05) is 6.61 Å². The summed E-state index contributed by atoms with van der Waals surface area (Å²) in [5, 5.41) is 0. The Morgan fingerprint density at radius 2 is 1.86 bits per heavy atom. The van der Waals surface area contributed by atoms with E-state index in [4.69, 9.17) is 20.1 Å². The first-order valence-corrected chi connectivity index (χ1v) is 7.52. The lowest BCUT2D eigenvalue weighted by Crippen LogP contribution is -2.47. The zero-order valence-electron chi connectivity index (χ0n) is 13.1. The highest BCUT2D eigenvalue weighted by molar-refractivity contribution is 5.44. The second kappa shape index (κ2) is 7.11. The van der Waals surface area contributed by atoms with Crippen LogP contribution in [0.1, 0.15) is 44.2 Å². The van der Waals surface area contributed by atoms with Crippen LogP contribution in [0.3, 0.4) is 0 Å². The van der Waals surface area contributed by atoms with Gasteiger partial charge in [0.25, 0.3) is 0 Å². The summed E-state index contributed by atoms with van der Waals surface area (Å²) in [5.74, 6) is 7.28. The quantitative estimate of drug-likeness (QED) is 0.597. The average molecular weight is 294 g/mol. The number of nitrogens with two attached hydrogens (primary N) is 1. The first-order chi connectivity index (χ1) is 10.2. The van der Waals surface area contributed by atoms with E-state index in [1.165, 1.54) is 12.8 Å². The molecule has 1 aromatic rings. The lowest BCUT2D eigenvalue weighted by Gasteiger charge is -2.37. The highest BCUT2D eigenvalue weighted by atomic mass is 16.5. The van der Waals surface area contributed by atoms with Crippen molar-refractivity contribution in [3.8, 4) is 11.5 Å². The monoisotopic (exact) mass is 294 g/mol. The summed E-state index contributed by atoms with van der Waals surface area (Å²) in [4.78, 5) is 0. The number of benzene rings is 1. The number of hydrogen-bond acceptors (Lipinski definition) is 5. The van der Waals surface area contributed by atoms with Crippen LogP contribution in [-0.2, 0) is 4.74 Å². The molecule has 0 aromatic heterocycles. The van der Waals surface area contributed by atoms with Crippen LogP contribution >= 0.6 is 0 Å². The number of rotatable bonds is 7. The minimum absolute atomic E-state index is 0.0558. The summed E-state index contributed by atoms with van der Waals surface area (Å²) < 4.78 is 16.8. The maximum absolute atomic E-state index is 6.11. The van der Waals surface area contributed by atoms with Gasteiger partial charge in [-0.2, -0.15) is 0 Å². The standard InChI is InChI=1S/C16H26N2O3/c1-4-21-16(9-5-6-10-16)15(18-17)12-7-8-13(19-2)14(11-12)20-3/h7-8,11,15,18H,4-6,9-10,17H2,1-3H3. The Balaban J connectivity index is 2.36. The summed E-state index contributed by atoms with van der Waals surface area (Å²) in [5.41, 5.74) is 3.78. The van der Waals surface area contributed by atoms with E-state index in [1.807, 2.05) is 25.1 Å². The molecular formula is C16H26N2O3. The van der Waals surface area contributed by atoms with Crippen LogP contribution in [0.2, 0.25) is 0 Å². The summed E-state index contributed by atoms with van der Waals surface area (Å²) in [6.07, 6.45) is 4.38. The number of ether oxygens (including phenoxy) is 3. The van der Waals surface area contributed by atoms with Gasteiger partial charge in [-0.25, -0.2) is 0 Å². The summed E-state index contributed by atoms with van der Waals surface area (Å²) >= 11 is 0. The molecule has 118 valence electrons. The topological polar surface area (TPSA) is 65.7 Å². The first-order valence-electron chi connectivity index (χ1n) is 7.52. The Bertz CT molecular complexity index is 459. The largest absolute Gasteiger partial charge is 0.493 e. The molecule has 1 unspecified atom stereocenters. The van der Waals surface area contributed by atoms with Crippen LogP contribution in [0, 0.1) is 0 Å². The van der Waals surface area contributed by atoms with Crippen molar-refractivity contribution in [2.75, 3.05) is 20.8 Å². The van der Waals surface area contributed by atoms with Crippen LogP contribution in [0.25, 0.3) is 0 Å². The van der Waals surface area contributed by atoms with Crippen molar-refractivity contribution >= 4 is 0 Å². The molecule has 3 N–H and O–H groups in total. The molecule has 0 spiro atoms. The van der Waals surface area contributed by atoms with Crippen molar-refractivity contribution in [1.29, 1.82) is 0 Å². The molecule has 1 saturated carbocycles. The van der Waals surface area contributed by atoms with Gasteiger partial charge in [-0.3, -0.25) is 11.3 Å². The molecule has 0 saturated heterocycles. The second-order valence-electron chi connectivity index (χ2n) is 5.42. The molecule has 1 aliphatic rings. The lowest BCUT2D eigenvalue weighted by molar-refractivity contribution is -0.0627. The van der Waals surface area contributed by atoms with E-state index in [0.29, 0.717) is 18.1 Å². The number of hydrogen-bond donors (Lipinski definition) is 2. The van der Waals surface area contributed by atoms with Gasteiger partial charge in [0.15, 0.2) is 11.5 Å². The maximum Gasteiger partial charge on any atom is 0.161 e. The van der Waals surface area contributed by atoms with E-state index in [0.717, 1.165) is 18.4 Å². The predicted molar refractivity (Wildman–Crippen MR) is 82.4 cm³/mol. The van der Waals surface area contributed by atoms with Crippen molar-refractivity contribution in [2.24, 2.45) is 5.84 Å². The third kappa shape index (κ3) is 3.15. The number of methoxy groups -OCH3 is 2. The molecule has 21 heavy (non-hydrogen) atoms. The minimum atomic E-state index is -0.233. The molecule has 1 aromatic carbocycles. The van der Waals surface area contributed by atoms with Gasteiger partial charge in [0.05, 0.1) is 25.9 Å². The average Bonchev–Trinajstić information content (AvgIpc) is 2.97. The van der Waals surface area contributed by atoms with Gasteiger partial charge < -0.3 is 14.2 Å². The third-order valence-electron chi connectivity index (χ3n) is 4.32. The fourth-order valence-corrected chi connectivity index (χ4v) is 3.36. The summed E-state index contributed by atoms with van der Waals surface area (Å²) in [6, 6.07) is 5.85. The zero-order valence-corrected chi connectivity index (χ0v) is 13.1. The SMILES string of the molecule is CCOC1(C(NN)c2ccc(OC)c(OC)c2)CCCC1. The Labute approximate surface area is 126 Å². The van der Waals surface area contributed by atoms with Crippen LogP contribution in [-0.4, -0.2) is 26.4 Å². The highest BCUT2D eigenvalue weighted by Crippen LogP contribution is 2.44. The molecule has 5 nitrogen and oxygen atoms in total. The lowest BCUT2D eigenvalue weighted by atomic mass is 9.87. The normalized spacial score (nSPS) is 18.5. The van der Waals surface area contributed by atoms with E-state index in [1.54, 1.807) is 14.2 Å². The first kappa shape index (κ1) is 16.1. The van der Waals surface area contributed by atoms with Gasteiger partial charge in [0.2, 0.25) is 0 Å². The van der Waals surface area contributed by atoms with Crippen molar-refractivity contribution in [1.82, 2.24) is 5.43 Å². The molecule has 0 radical (unpaired) electrons. The van der Waals surface area contributed by atoms with Crippen molar-refractivity contribution in [3.05, 3.63) is 23.8 Å². The molecule has 1 fully saturated rings. The zero-order chi connectivity index (χ0) is 15.3. The van der Waals surface area contributed by atoms with Gasteiger partial charge in [0.1, 0.15) is 0 Å². The number of nitrogens with one attached hydrogen (secondary N) is 1. The molecule has 0 heterocycles. The van der Waals surface area contributed by atoms with Crippen LogP contribution in [0.15, 0.2) is 18.2 Å². The van der Waals surface area contributed by atoms with Crippen molar-refractivity contribution in [2.45, 2.75) is 44.2 Å². The minimum Gasteiger partial charge on any atom is -0.493 e. The van der Waals surface area contributed by atoms with E-state index in [2.05, 4.69) is 5.43 Å². The van der Waals surface area contributed by atoms with E-state index >= 15 is 0 Å². The van der Waals surface area contributed by atoms with Gasteiger partial charge in [-0.05, 0) is 37.5 Å². The van der Waals surface area contributed by atoms with Crippen molar-refractivity contribution < 1.29 is 14.2 Å². The van der Waals surface area contributed by atoms with E-state index in [9.17, 15) is 0 Å². The summed E-state index contributed by atoms with van der Waals surface area (Å²) in [6.45, 7) is 2.72. The second-order valence-corrected chi connectivity index (χ2v) is 5.42. The van der Waals surface area contributed by atoms with Gasteiger partial charge >= 0.3 is 0 Å². The highest BCUT2D eigenvalue weighted by Gasteiger charge is 2.42. The fraction of sp³-hybridized carbons (Fsp3) is 0.625. The molecule has 2 rings (SSSR count). The molecule has 5 heteroatoms. The molecule has 1 atom stereocenters. The predicted octanol–water partition coefficient (Wildman–Crippen LogP) is 2.56. The maximum atomic E-state index is 6.11. The molecule has 0 amide bonds. The van der Waals surface area contributed by atoms with Crippen LogP contribution in [0.5, 0.6) is 11.5 Å².